The summed E-state index contributed by atoms with van der Waals surface area (Å²) in [5, 5.41) is 14.5. The fourth-order valence-electron chi connectivity index (χ4n) is 9.27. The molecule has 0 radical (unpaired) electrons. The molecule has 4 amide bonds. The summed E-state index contributed by atoms with van der Waals surface area (Å²) in [4.78, 5) is 70.9. The van der Waals surface area contributed by atoms with Crippen LogP contribution in [0, 0.1) is 11.8 Å². The van der Waals surface area contributed by atoms with Crippen LogP contribution in [0.2, 0.25) is 0 Å². The zero-order valence-electron chi connectivity index (χ0n) is 38.9. The van der Waals surface area contributed by atoms with Crippen LogP contribution in [0.5, 0.6) is 0 Å². The minimum absolute atomic E-state index is 0.146. The van der Waals surface area contributed by atoms with E-state index in [1.165, 1.54) is 13.4 Å². The number of benzene rings is 3. The number of imidazole rings is 2. The van der Waals surface area contributed by atoms with Crippen LogP contribution in [0.15, 0.2) is 102 Å². The van der Waals surface area contributed by atoms with E-state index in [1.807, 2.05) is 101 Å². The fourth-order valence-corrected chi connectivity index (χ4v) is 9.91. The predicted octanol–water partition coefficient (Wildman–Crippen LogP) is 7.99. The maximum absolute atomic E-state index is 13.7. The van der Waals surface area contributed by atoms with Gasteiger partial charge in [0.1, 0.15) is 23.7 Å². The number of sulfone groups is 1. The number of rotatable bonds is 14. The Morgan fingerprint density at radius 1 is 0.662 bits per heavy atom. The topological polar surface area (TPSA) is 225 Å². The number of nitrogens with zero attached hydrogens (tertiary/aromatic N) is 5. The Kier molecular flexibility index (Phi) is 13.6. The first-order valence-corrected chi connectivity index (χ1v) is 24.7. The Hall–Kier alpha value is -7.21. The Morgan fingerprint density at radius 3 is 1.49 bits per heavy atom. The summed E-state index contributed by atoms with van der Waals surface area (Å²) in [5.41, 5.74) is 7.47. The molecule has 2 aliphatic rings. The van der Waals surface area contributed by atoms with Crippen molar-refractivity contribution in [1.29, 1.82) is 0 Å². The van der Waals surface area contributed by atoms with Gasteiger partial charge in [0.05, 0.1) is 46.9 Å². The van der Waals surface area contributed by atoms with Gasteiger partial charge in [0.15, 0.2) is 9.84 Å². The molecule has 0 aliphatic carbocycles. The van der Waals surface area contributed by atoms with E-state index in [1.54, 1.807) is 34.1 Å². The molecule has 4 atom stereocenters. The summed E-state index contributed by atoms with van der Waals surface area (Å²) in [7, 11) is -2.16. The molecule has 2 saturated heterocycles. The van der Waals surface area contributed by atoms with Gasteiger partial charge >= 0.3 is 12.2 Å². The molecule has 3 aromatic heterocycles. The van der Waals surface area contributed by atoms with Crippen molar-refractivity contribution in [3.05, 3.63) is 109 Å². The number of amides is 4. The van der Waals surface area contributed by atoms with E-state index < -0.39 is 34.1 Å². The highest BCUT2D eigenvalue weighted by atomic mass is 32.2. The summed E-state index contributed by atoms with van der Waals surface area (Å²) in [6.45, 7) is 8.46. The molecule has 5 heterocycles. The van der Waals surface area contributed by atoms with Gasteiger partial charge in [0, 0.05) is 48.6 Å². The van der Waals surface area contributed by atoms with E-state index in [2.05, 4.69) is 25.2 Å². The molecule has 2 fully saturated rings. The molecule has 3 aromatic carbocycles. The van der Waals surface area contributed by atoms with Gasteiger partial charge in [-0.15, -0.1) is 0 Å². The van der Waals surface area contributed by atoms with E-state index in [0.29, 0.717) is 36.9 Å². The second-order valence-corrected chi connectivity index (χ2v) is 20.1. The number of hydrogen-bond donors (Lipinski definition) is 5. The number of nitrogens with one attached hydrogen (secondary N) is 4. The molecule has 0 unspecified atom stereocenters. The number of alkyl carbamates (subject to hydrolysis) is 1. The number of aromatic amines is 2. The molecule has 356 valence electrons. The van der Waals surface area contributed by atoms with Crippen molar-refractivity contribution in [2.75, 3.05) is 26.5 Å². The highest BCUT2D eigenvalue weighted by Crippen LogP contribution is 2.37. The molecule has 0 spiro atoms. The van der Waals surface area contributed by atoms with Crippen molar-refractivity contribution in [1.82, 2.24) is 44.9 Å². The smallest absolute Gasteiger partial charge is 0.407 e. The molecule has 17 nitrogen and oxygen atoms in total. The monoisotopic (exact) mass is 943 g/mol. The van der Waals surface area contributed by atoms with Crippen LogP contribution in [-0.2, 0) is 24.2 Å². The number of likely N-dealkylation sites (tertiary alicyclic amines) is 2. The largest absolute Gasteiger partial charge is 0.465 e. The second-order valence-electron chi connectivity index (χ2n) is 18.1. The van der Waals surface area contributed by atoms with Crippen molar-refractivity contribution in [3.63, 3.8) is 0 Å². The third kappa shape index (κ3) is 9.77. The van der Waals surface area contributed by atoms with E-state index in [4.69, 9.17) is 14.7 Å². The minimum atomic E-state index is -3.43. The number of H-pyrrole nitrogens is 2. The van der Waals surface area contributed by atoms with Gasteiger partial charge in [-0.05, 0) is 85.0 Å². The third-order valence-corrected chi connectivity index (χ3v) is 14.0. The van der Waals surface area contributed by atoms with Crippen LogP contribution in [-0.4, -0.2) is 110 Å². The molecule has 0 bridgehead atoms. The van der Waals surface area contributed by atoms with Crippen molar-refractivity contribution in [3.8, 4) is 50.7 Å². The van der Waals surface area contributed by atoms with Crippen LogP contribution < -0.4 is 10.6 Å². The van der Waals surface area contributed by atoms with Crippen LogP contribution in [0.1, 0.15) is 77.1 Å². The summed E-state index contributed by atoms with van der Waals surface area (Å²) >= 11 is 0. The molecule has 8 rings (SSSR count). The SMILES string of the molecule is COC(=O)N[C@H](C(=O)N1CCC[C@H]1c1nc(-c2ccc(-c3ccc(-c4ccc(-c5c[nH]c([C@@H]6CCCN6C(=O)[C@@H](NC(=O)O)C(C)C)n5)cc4)n3-c3ccc(S(C)(=O)=O)cc3)cc2)c[nH]1)C(C)C. The third-order valence-electron chi connectivity index (χ3n) is 12.9. The molecule has 5 N–H and O–H groups in total. The van der Waals surface area contributed by atoms with Crippen molar-refractivity contribution in [2.24, 2.45) is 11.8 Å². The van der Waals surface area contributed by atoms with Gasteiger partial charge in [-0.1, -0.05) is 76.2 Å². The van der Waals surface area contributed by atoms with Crippen molar-refractivity contribution < 1.29 is 37.4 Å². The number of carbonyl (C=O) groups is 4. The van der Waals surface area contributed by atoms with Gasteiger partial charge in [0.25, 0.3) is 0 Å². The highest BCUT2D eigenvalue weighted by Gasteiger charge is 2.39. The first kappa shape index (κ1) is 47.3. The van der Waals surface area contributed by atoms with Crippen LogP contribution in [0.25, 0.3) is 50.7 Å². The van der Waals surface area contributed by atoms with Gasteiger partial charge < -0.3 is 44.8 Å². The average molecular weight is 944 g/mol. The number of carbonyl (C=O) groups excluding carboxylic acids is 3. The zero-order chi connectivity index (χ0) is 48.4. The van der Waals surface area contributed by atoms with Crippen molar-refractivity contribution >= 4 is 33.8 Å². The first-order valence-electron chi connectivity index (χ1n) is 22.8. The summed E-state index contributed by atoms with van der Waals surface area (Å²) in [6, 6.07) is 24.7. The summed E-state index contributed by atoms with van der Waals surface area (Å²) in [6.07, 6.45) is 5.96. The highest BCUT2D eigenvalue weighted by molar-refractivity contribution is 7.90. The van der Waals surface area contributed by atoms with Gasteiger partial charge in [-0.2, -0.15) is 0 Å². The van der Waals surface area contributed by atoms with Crippen LogP contribution in [0.4, 0.5) is 9.59 Å². The van der Waals surface area contributed by atoms with Gasteiger partial charge in [-0.3, -0.25) is 9.59 Å². The van der Waals surface area contributed by atoms with E-state index in [0.717, 1.165) is 64.3 Å². The maximum atomic E-state index is 13.7. The van der Waals surface area contributed by atoms with Crippen molar-refractivity contribution in [2.45, 2.75) is 82.4 Å². The quantitative estimate of drug-likeness (QED) is 0.0708. The van der Waals surface area contributed by atoms with Gasteiger partial charge in [0.2, 0.25) is 11.8 Å². The lowest BCUT2D eigenvalue weighted by Gasteiger charge is -2.29. The summed E-state index contributed by atoms with van der Waals surface area (Å²) < 4.78 is 31.7. The van der Waals surface area contributed by atoms with E-state index >= 15 is 0 Å². The van der Waals surface area contributed by atoms with Crippen LogP contribution in [0.3, 0.4) is 0 Å². The number of methoxy groups -OCH3 is 1. The molecule has 2 aliphatic heterocycles. The standard InChI is InChI=1S/C50H57N9O8S/c1-29(2)43(55-49(62)63)47(60)57-25-7-9-41(57)45-51-27-37(53-45)31-11-15-33(16-12-31)39-23-24-40(59(39)35-19-21-36(22-20-35)68(6,65)66)34-17-13-32(14-18-34)38-28-52-46(54-38)42-10-8-26-58(42)48(61)44(30(3)4)56-50(64)67-5/h11-24,27-30,41-44,55H,7-10,25-26H2,1-6H3,(H,51,53)(H,52,54)(H,56,64)(H,62,63)/t41-,42-,43-,44-/m0/s1. The van der Waals surface area contributed by atoms with E-state index in [9.17, 15) is 32.7 Å². The molecule has 6 aromatic rings. The maximum Gasteiger partial charge on any atom is 0.407 e. The number of hydrogen-bond acceptors (Lipinski definition) is 9. The molecule has 18 heteroatoms. The molecule has 68 heavy (non-hydrogen) atoms. The average Bonchev–Trinajstić information content (AvgIpc) is 4.18. The normalized spacial score (nSPS) is 17.1. The first-order chi connectivity index (χ1) is 32.5. The number of aromatic nitrogens is 5. The molecule has 0 saturated carbocycles. The Morgan fingerprint density at radius 2 is 1.09 bits per heavy atom. The fraction of sp³-hybridized carbons (Fsp3) is 0.360. The second kappa shape index (κ2) is 19.6. The van der Waals surface area contributed by atoms with E-state index in [-0.39, 0.29) is 40.6 Å². The van der Waals surface area contributed by atoms with Gasteiger partial charge in [-0.25, -0.2) is 28.0 Å². The lowest BCUT2D eigenvalue weighted by molar-refractivity contribution is -0.136. The van der Waals surface area contributed by atoms with Crippen LogP contribution >= 0.6 is 0 Å². The minimum Gasteiger partial charge on any atom is -0.465 e. The molecular weight excluding hydrogens is 887 g/mol. The lowest BCUT2D eigenvalue weighted by atomic mass is 10.0. The predicted molar refractivity (Wildman–Crippen MR) is 256 cm³/mol. The number of carboxylic acid groups (broad SMARTS) is 1. The zero-order valence-corrected chi connectivity index (χ0v) is 39.7. The Balaban J connectivity index is 1.05. The molecular formula is C50H57N9O8S. The summed E-state index contributed by atoms with van der Waals surface area (Å²) in [5.74, 6) is 0.497. The Bertz CT molecular complexity index is 2900. The lowest BCUT2D eigenvalue weighted by Crippen LogP contribution is -2.51. The Labute approximate surface area is 395 Å². The number of ether oxygens (including phenoxy) is 1.